The van der Waals surface area contributed by atoms with Crippen molar-refractivity contribution < 1.29 is 9.69 Å². The fraction of sp³-hybridized carbons (Fsp3) is 0.588. The summed E-state index contributed by atoms with van der Waals surface area (Å²) in [4.78, 5) is 13.1. The van der Waals surface area contributed by atoms with E-state index in [1.165, 1.54) is 44.2 Å². The minimum atomic E-state index is -0.0144. The number of rotatable bonds is 5. The molecular weight excluding hydrogens is 248 g/mol. The number of hydrogen-bond donors (Lipinski definition) is 2. The molecule has 20 heavy (non-hydrogen) atoms. The Morgan fingerprint density at radius 1 is 1.20 bits per heavy atom. The zero-order chi connectivity index (χ0) is 14.4. The normalized spacial score (nSPS) is 17.7. The van der Waals surface area contributed by atoms with E-state index in [9.17, 15) is 4.79 Å². The van der Waals surface area contributed by atoms with Gasteiger partial charge in [0.25, 0.3) is 5.91 Å². The number of quaternary nitrogens is 1. The molecule has 2 N–H and O–H groups in total. The van der Waals surface area contributed by atoms with Crippen molar-refractivity contribution in [2.24, 2.45) is 5.92 Å². The third kappa shape index (κ3) is 4.34. The van der Waals surface area contributed by atoms with Crippen molar-refractivity contribution in [2.45, 2.75) is 38.6 Å². The zero-order valence-electron chi connectivity index (χ0n) is 12.7. The summed E-state index contributed by atoms with van der Waals surface area (Å²) in [7, 11) is 3.94. The number of carbonyl (C=O) groups excluding carboxylic acids is 1. The van der Waals surface area contributed by atoms with Crippen molar-refractivity contribution in [3.8, 4) is 0 Å². The molecule has 1 atom stereocenters. The van der Waals surface area contributed by atoms with Crippen LogP contribution in [0.4, 0.5) is 0 Å². The highest BCUT2D eigenvalue weighted by Gasteiger charge is 2.17. The quantitative estimate of drug-likeness (QED) is 0.841. The van der Waals surface area contributed by atoms with E-state index in [4.69, 9.17) is 0 Å². The predicted molar refractivity (Wildman–Crippen MR) is 81.9 cm³/mol. The van der Waals surface area contributed by atoms with Crippen molar-refractivity contribution in [3.63, 3.8) is 0 Å². The molecule has 1 aromatic rings. The van der Waals surface area contributed by atoms with Crippen LogP contribution in [0.3, 0.4) is 0 Å². The molecule has 0 heterocycles. The van der Waals surface area contributed by atoms with Gasteiger partial charge in [-0.2, -0.15) is 0 Å². The van der Waals surface area contributed by atoms with Gasteiger partial charge in [-0.15, -0.1) is 0 Å². The maximum absolute atomic E-state index is 11.5. The Morgan fingerprint density at radius 3 is 2.45 bits per heavy atom. The van der Waals surface area contributed by atoms with Crippen molar-refractivity contribution in [1.29, 1.82) is 0 Å². The number of hydrogen-bond acceptors (Lipinski definition) is 1. The van der Waals surface area contributed by atoms with Crippen molar-refractivity contribution in [2.75, 3.05) is 20.6 Å². The molecule has 1 amide bonds. The van der Waals surface area contributed by atoms with E-state index in [0.717, 1.165) is 18.0 Å². The molecule has 1 aromatic carbocycles. The SMILES string of the molecule is CNC(=O)c1ccc(C[NH+](C)CC2CCCCC2)cc1. The summed E-state index contributed by atoms with van der Waals surface area (Å²) in [5, 5.41) is 2.65. The number of nitrogens with one attached hydrogen (secondary N) is 2. The van der Waals surface area contributed by atoms with Crippen LogP contribution in [0.5, 0.6) is 0 Å². The van der Waals surface area contributed by atoms with E-state index >= 15 is 0 Å². The van der Waals surface area contributed by atoms with Crippen LogP contribution in [-0.2, 0) is 6.54 Å². The summed E-state index contributed by atoms with van der Waals surface area (Å²) >= 11 is 0. The summed E-state index contributed by atoms with van der Waals surface area (Å²) in [6, 6.07) is 7.99. The average Bonchev–Trinajstić information content (AvgIpc) is 2.48. The predicted octanol–water partition coefficient (Wildman–Crippen LogP) is 1.64. The second kappa shape index (κ2) is 7.44. The first kappa shape index (κ1) is 15.0. The molecule has 0 spiro atoms. The van der Waals surface area contributed by atoms with Gasteiger partial charge in [-0.3, -0.25) is 4.79 Å². The minimum absolute atomic E-state index is 0.0144. The van der Waals surface area contributed by atoms with Crippen LogP contribution in [-0.4, -0.2) is 26.5 Å². The topological polar surface area (TPSA) is 33.5 Å². The van der Waals surface area contributed by atoms with E-state index in [0.29, 0.717) is 0 Å². The van der Waals surface area contributed by atoms with E-state index in [2.05, 4.69) is 24.5 Å². The van der Waals surface area contributed by atoms with Gasteiger partial charge in [-0.1, -0.05) is 31.4 Å². The van der Waals surface area contributed by atoms with Crippen LogP contribution in [0.25, 0.3) is 0 Å². The maximum atomic E-state index is 11.5. The third-order valence-electron chi connectivity index (χ3n) is 4.31. The number of benzene rings is 1. The highest BCUT2D eigenvalue weighted by Crippen LogP contribution is 2.22. The lowest BCUT2D eigenvalue weighted by Crippen LogP contribution is -3.08. The van der Waals surface area contributed by atoms with Gasteiger partial charge in [0.2, 0.25) is 0 Å². The molecule has 0 aliphatic heterocycles. The van der Waals surface area contributed by atoms with Crippen molar-refractivity contribution in [3.05, 3.63) is 35.4 Å². The van der Waals surface area contributed by atoms with E-state index in [-0.39, 0.29) is 5.91 Å². The van der Waals surface area contributed by atoms with Gasteiger partial charge in [-0.25, -0.2) is 0 Å². The molecule has 0 radical (unpaired) electrons. The van der Waals surface area contributed by atoms with E-state index in [1.54, 1.807) is 11.9 Å². The monoisotopic (exact) mass is 275 g/mol. The Balaban J connectivity index is 1.84. The van der Waals surface area contributed by atoms with Crippen molar-refractivity contribution >= 4 is 5.91 Å². The largest absolute Gasteiger partial charge is 0.355 e. The first-order valence-corrected chi connectivity index (χ1v) is 7.81. The molecular formula is C17H27N2O+. The fourth-order valence-corrected chi connectivity index (χ4v) is 3.22. The molecule has 0 saturated heterocycles. The summed E-state index contributed by atoms with van der Waals surface area (Å²) in [6.07, 6.45) is 7.08. The average molecular weight is 275 g/mol. The Labute approximate surface area is 122 Å². The lowest BCUT2D eigenvalue weighted by molar-refractivity contribution is -0.897. The summed E-state index contributed by atoms with van der Waals surface area (Å²) in [6.45, 7) is 2.32. The minimum Gasteiger partial charge on any atom is -0.355 e. The van der Waals surface area contributed by atoms with Gasteiger partial charge in [0.1, 0.15) is 6.54 Å². The summed E-state index contributed by atoms with van der Waals surface area (Å²) in [5.41, 5.74) is 2.05. The van der Waals surface area contributed by atoms with E-state index < -0.39 is 0 Å². The Hall–Kier alpha value is -1.35. The Kier molecular flexibility index (Phi) is 5.60. The highest BCUT2D eigenvalue weighted by atomic mass is 16.1. The van der Waals surface area contributed by atoms with Gasteiger partial charge in [0, 0.05) is 24.1 Å². The fourth-order valence-electron chi connectivity index (χ4n) is 3.22. The smallest absolute Gasteiger partial charge is 0.251 e. The van der Waals surface area contributed by atoms with Gasteiger partial charge in [-0.05, 0) is 25.0 Å². The molecule has 0 bridgehead atoms. The lowest BCUT2D eigenvalue weighted by Gasteiger charge is -2.24. The van der Waals surface area contributed by atoms with Crippen molar-refractivity contribution in [1.82, 2.24) is 5.32 Å². The van der Waals surface area contributed by atoms with Crippen LogP contribution >= 0.6 is 0 Å². The van der Waals surface area contributed by atoms with Gasteiger partial charge in [0.15, 0.2) is 0 Å². The van der Waals surface area contributed by atoms with Gasteiger partial charge < -0.3 is 10.2 Å². The number of carbonyl (C=O) groups is 1. The molecule has 1 unspecified atom stereocenters. The van der Waals surface area contributed by atoms with Gasteiger partial charge in [0.05, 0.1) is 13.6 Å². The van der Waals surface area contributed by atoms with Crippen LogP contribution < -0.4 is 10.2 Å². The second-order valence-electron chi connectivity index (χ2n) is 6.12. The third-order valence-corrected chi connectivity index (χ3v) is 4.31. The first-order valence-electron chi connectivity index (χ1n) is 7.81. The van der Waals surface area contributed by atoms with Gasteiger partial charge >= 0.3 is 0 Å². The molecule has 3 heteroatoms. The number of amides is 1. The van der Waals surface area contributed by atoms with E-state index in [1.807, 2.05) is 12.1 Å². The summed E-state index contributed by atoms with van der Waals surface area (Å²) < 4.78 is 0. The van der Waals surface area contributed by atoms with Crippen LogP contribution in [0.2, 0.25) is 0 Å². The Morgan fingerprint density at radius 2 is 1.85 bits per heavy atom. The molecule has 1 aliphatic carbocycles. The lowest BCUT2D eigenvalue weighted by atomic mass is 9.89. The molecule has 2 rings (SSSR count). The van der Waals surface area contributed by atoms with Crippen LogP contribution in [0, 0.1) is 5.92 Å². The Bertz CT molecular complexity index is 421. The van der Waals surface area contributed by atoms with Crippen LogP contribution in [0.1, 0.15) is 48.0 Å². The second-order valence-corrected chi connectivity index (χ2v) is 6.12. The molecule has 0 aromatic heterocycles. The first-order chi connectivity index (χ1) is 9.69. The molecule has 1 saturated carbocycles. The van der Waals surface area contributed by atoms with Crippen LogP contribution in [0.15, 0.2) is 24.3 Å². The summed E-state index contributed by atoms with van der Waals surface area (Å²) in [5.74, 6) is 0.897. The standard InChI is InChI=1S/C17H26N2O/c1-18-17(20)16-10-8-15(9-11-16)13-19(2)12-14-6-4-3-5-7-14/h8-11,14H,3-7,12-13H2,1-2H3,(H,18,20)/p+1. The molecule has 1 fully saturated rings. The molecule has 3 nitrogen and oxygen atoms in total. The maximum Gasteiger partial charge on any atom is 0.251 e. The molecule has 1 aliphatic rings. The highest BCUT2D eigenvalue weighted by molar-refractivity contribution is 5.93. The zero-order valence-corrected chi connectivity index (χ0v) is 12.7. The molecule has 110 valence electrons.